The molecule has 0 spiro atoms. The normalized spacial score (nSPS) is 34.6. The third-order valence-corrected chi connectivity index (χ3v) is 7.88. The third kappa shape index (κ3) is 3.73. The number of pyridine rings is 1. The van der Waals surface area contributed by atoms with Crippen LogP contribution in [-0.2, 0) is 4.74 Å². The molecule has 1 amide bonds. The second kappa shape index (κ2) is 7.93. The molecule has 6 rings (SSSR count). The second-order valence-electron chi connectivity index (χ2n) is 9.79. The molecule has 1 aromatic heterocycles. The summed E-state index contributed by atoms with van der Waals surface area (Å²) in [6.45, 7) is 1.22. The first-order valence-corrected chi connectivity index (χ1v) is 11.3. The number of carbonyl (C=O) groups excluding carboxylic acids is 1. The van der Waals surface area contributed by atoms with Gasteiger partial charge in [-0.1, -0.05) is 0 Å². The largest absolute Gasteiger partial charge is 0.771 e. The Kier molecular flexibility index (Phi) is 5.24. The molecule has 9 heteroatoms. The lowest BCUT2D eigenvalue weighted by atomic mass is 9.52. The fourth-order valence-electron chi connectivity index (χ4n) is 6.60. The molecule has 31 heavy (non-hydrogen) atoms. The number of piperidine rings is 1. The maximum Gasteiger partial charge on any atom is 0.410 e. The minimum Gasteiger partial charge on any atom is -0.771 e. The summed E-state index contributed by atoms with van der Waals surface area (Å²) in [5.74, 6) is 7.28. The number of ether oxygens (including phenoxy) is 1. The highest BCUT2D eigenvalue weighted by molar-refractivity contribution is 5.68. The molecule has 5 aliphatic rings. The molecule has 3 N–H and O–H groups in total. The van der Waals surface area contributed by atoms with Crippen molar-refractivity contribution in [3.05, 3.63) is 29.1 Å². The van der Waals surface area contributed by atoms with Crippen LogP contribution in [0.25, 0.3) is 0 Å². The number of nitrogens with one attached hydrogen (secondary N) is 1. The minimum absolute atomic E-state index is 0.0975. The van der Waals surface area contributed by atoms with Crippen molar-refractivity contribution in [3.63, 3.8) is 0 Å². The van der Waals surface area contributed by atoms with E-state index in [1.807, 2.05) is 0 Å². The highest BCUT2D eigenvalue weighted by Gasteiger charge is 2.57. The first-order valence-electron chi connectivity index (χ1n) is 11.3. The smallest absolute Gasteiger partial charge is 0.410 e. The van der Waals surface area contributed by atoms with Gasteiger partial charge in [-0.25, -0.2) is 9.78 Å². The van der Waals surface area contributed by atoms with E-state index in [0.29, 0.717) is 35.6 Å². The van der Waals surface area contributed by atoms with Crippen LogP contribution in [0.2, 0.25) is 0 Å². The van der Waals surface area contributed by atoms with Gasteiger partial charge in [0, 0.05) is 30.9 Å². The topological polar surface area (TPSA) is 131 Å². The number of rotatable bonds is 4. The molecular formula is C22H29N6O3-. The number of anilines is 1. The van der Waals surface area contributed by atoms with E-state index in [0.717, 1.165) is 44.9 Å². The van der Waals surface area contributed by atoms with Crippen LogP contribution in [0.5, 0.6) is 0 Å². The van der Waals surface area contributed by atoms with Crippen LogP contribution in [-0.4, -0.2) is 51.9 Å². The highest BCUT2D eigenvalue weighted by atomic mass is 16.6. The van der Waals surface area contributed by atoms with Crippen molar-refractivity contribution < 1.29 is 9.53 Å². The Hall–Kier alpha value is -2.41. The summed E-state index contributed by atoms with van der Waals surface area (Å²) < 4.78 is 6.03. The van der Waals surface area contributed by atoms with E-state index in [-0.39, 0.29) is 30.1 Å². The molecule has 4 aliphatic carbocycles. The summed E-state index contributed by atoms with van der Waals surface area (Å²) in [5, 5.41) is 25.3. The number of hydrogen-bond acceptors (Lipinski definition) is 8. The predicted octanol–water partition coefficient (Wildman–Crippen LogP) is 2.59. The molecule has 4 saturated carbocycles. The quantitative estimate of drug-likeness (QED) is 0.556. The zero-order valence-corrected chi connectivity index (χ0v) is 17.6. The van der Waals surface area contributed by atoms with E-state index in [9.17, 15) is 15.3 Å². The van der Waals surface area contributed by atoms with Gasteiger partial charge < -0.3 is 25.3 Å². The zero-order chi connectivity index (χ0) is 21.6. The Morgan fingerprint density at radius 3 is 2.68 bits per heavy atom. The standard InChI is InChI=1S/C22H29N6O3/c23-13-15-2-1-5-25-20(15)26-18-3-6-27(7-4-18)21(29)31-19-16-8-14-9-17(19)12-22(10-14,11-16)28(24)30/h1-2,5,14,16-19H,3-4,6-12,24H2,(H,25,26)/q-1. The van der Waals surface area contributed by atoms with Crippen molar-refractivity contribution in [2.45, 2.75) is 62.6 Å². The number of nitrogens with two attached hydrogens (primary N) is 1. The number of amides is 1. The van der Waals surface area contributed by atoms with Gasteiger partial charge in [0.05, 0.1) is 5.56 Å². The Morgan fingerprint density at radius 1 is 1.32 bits per heavy atom. The Bertz CT molecular complexity index is 862. The lowest BCUT2D eigenvalue weighted by molar-refractivity contribution is -0.145. The lowest BCUT2D eigenvalue weighted by Gasteiger charge is -2.63. The van der Waals surface area contributed by atoms with Gasteiger partial charge in [0.2, 0.25) is 0 Å². The molecule has 0 aromatic carbocycles. The predicted molar refractivity (Wildman–Crippen MR) is 113 cm³/mol. The maximum absolute atomic E-state index is 12.9. The fourth-order valence-corrected chi connectivity index (χ4v) is 6.60. The van der Waals surface area contributed by atoms with E-state index in [2.05, 4.69) is 16.4 Å². The summed E-state index contributed by atoms with van der Waals surface area (Å²) >= 11 is 0. The molecule has 9 nitrogen and oxygen atoms in total. The number of hydrogen-bond donors (Lipinski definition) is 2. The van der Waals surface area contributed by atoms with Crippen LogP contribution in [0.4, 0.5) is 10.6 Å². The van der Waals surface area contributed by atoms with E-state index >= 15 is 0 Å². The van der Waals surface area contributed by atoms with Gasteiger partial charge in [0.15, 0.2) is 0 Å². The average molecular weight is 426 g/mol. The Balaban J connectivity index is 1.16. The van der Waals surface area contributed by atoms with Crippen LogP contribution in [0.1, 0.15) is 50.5 Å². The summed E-state index contributed by atoms with van der Waals surface area (Å²) in [5.41, 5.74) is 0.0788. The summed E-state index contributed by atoms with van der Waals surface area (Å²) in [6.07, 6.45) is 7.28. The molecule has 1 saturated heterocycles. The van der Waals surface area contributed by atoms with Crippen LogP contribution in [0, 0.1) is 34.3 Å². The zero-order valence-electron chi connectivity index (χ0n) is 17.6. The molecule has 1 aliphatic heterocycles. The molecule has 2 atom stereocenters. The van der Waals surface area contributed by atoms with E-state index < -0.39 is 5.54 Å². The van der Waals surface area contributed by atoms with Gasteiger partial charge in [0.25, 0.3) is 0 Å². The van der Waals surface area contributed by atoms with Gasteiger partial charge in [-0.2, -0.15) is 5.26 Å². The summed E-state index contributed by atoms with van der Waals surface area (Å²) in [6, 6.07) is 5.81. The van der Waals surface area contributed by atoms with Gasteiger partial charge in [-0.3, -0.25) is 5.84 Å². The van der Waals surface area contributed by atoms with Gasteiger partial charge in [0.1, 0.15) is 18.0 Å². The third-order valence-electron chi connectivity index (χ3n) is 7.88. The van der Waals surface area contributed by atoms with Gasteiger partial charge in [-0.15, -0.1) is 0 Å². The van der Waals surface area contributed by atoms with E-state index in [4.69, 9.17) is 10.6 Å². The van der Waals surface area contributed by atoms with Crippen molar-refractivity contribution in [2.24, 2.45) is 23.6 Å². The summed E-state index contributed by atoms with van der Waals surface area (Å²) in [7, 11) is 0. The number of nitriles is 1. The molecule has 1 aromatic rings. The molecule has 5 fully saturated rings. The maximum atomic E-state index is 12.9. The first-order chi connectivity index (χ1) is 15.0. The monoisotopic (exact) mass is 425 g/mol. The number of aromatic nitrogens is 1. The number of hydroxylamine groups is 1. The van der Waals surface area contributed by atoms with Crippen LogP contribution < -0.4 is 11.2 Å². The van der Waals surface area contributed by atoms with Gasteiger partial charge >= 0.3 is 6.09 Å². The number of nitrogens with zero attached hydrogens (tertiary/aromatic N) is 4. The van der Waals surface area contributed by atoms with Crippen LogP contribution in [0.15, 0.2) is 18.3 Å². The lowest BCUT2D eigenvalue weighted by Crippen LogP contribution is -2.65. The van der Waals surface area contributed by atoms with Crippen LogP contribution in [0.3, 0.4) is 0 Å². The average Bonchev–Trinajstić information content (AvgIpc) is 2.76. The highest BCUT2D eigenvalue weighted by Crippen LogP contribution is 2.58. The SMILES string of the molecule is N#Cc1cccnc1NC1CCN(C(=O)OC2C3CC4CC2CC(N(N)[O-])(C4)C3)CC1. The summed E-state index contributed by atoms with van der Waals surface area (Å²) in [4.78, 5) is 18.9. The second-order valence-corrected chi connectivity index (χ2v) is 9.79. The van der Waals surface area contributed by atoms with Crippen molar-refractivity contribution in [1.82, 2.24) is 15.1 Å². The van der Waals surface area contributed by atoms with Crippen molar-refractivity contribution in [3.8, 4) is 6.07 Å². The van der Waals surface area contributed by atoms with Crippen molar-refractivity contribution in [2.75, 3.05) is 18.4 Å². The molecule has 166 valence electrons. The number of carbonyl (C=O) groups is 1. The molecular weight excluding hydrogens is 396 g/mol. The Labute approximate surface area is 182 Å². The molecule has 4 bridgehead atoms. The molecule has 2 unspecified atom stereocenters. The van der Waals surface area contributed by atoms with E-state index in [1.54, 1.807) is 23.2 Å². The first kappa shape index (κ1) is 20.5. The number of hydrazine groups is 1. The fraction of sp³-hybridized carbons (Fsp3) is 0.682. The molecule has 0 radical (unpaired) electrons. The van der Waals surface area contributed by atoms with E-state index in [1.165, 1.54) is 0 Å². The van der Waals surface area contributed by atoms with Gasteiger partial charge in [-0.05, 0) is 74.8 Å². The van der Waals surface area contributed by atoms with Crippen molar-refractivity contribution in [1.29, 1.82) is 5.26 Å². The van der Waals surface area contributed by atoms with Crippen molar-refractivity contribution >= 4 is 11.9 Å². The Morgan fingerprint density at radius 2 is 2.03 bits per heavy atom. The minimum atomic E-state index is -0.447. The number of likely N-dealkylation sites (tertiary alicyclic amines) is 1. The van der Waals surface area contributed by atoms with Crippen LogP contribution >= 0.6 is 0 Å². The molecule has 2 heterocycles.